The van der Waals surface area contributed by atoms with Crippen molar-refractivity contribution in [1.29, 1.82) is 0 Å². The van der Waals surface area contributed by atoms with Crippen molar-refractivity contribution in [3.05, 3.63) is 120 Å². The molecule has 0 aliphatic carbocycles. The van der Waals surface area contributed by atoms with Crippen LogP contribution in [0.1, 0.15) is 72.9 Å². The molecule has 42 heavy (non-hydrogen) atoms. The Morgan fingerprint density at radius 3 is 1.64 bits per heavy atom. The highest BCUT2D eigenvalue weighted by atomic mass is 16.5. The Balaban J connectivity index is 1.08. The molecule has 5 nitrogen and oxygen atoms in total. The van der Waals surface area contributed by atoms with E-state index in [0.717, 1.165) is 75.6 Å². The summed E-state index contributed by atoms with van der Waals surface area (Å²) in [5.74, 6) is -0.258. The van der Waals surface area contributed by atoms with Gasteiger partial charge in [-0.2, -0.15) is 0 Å². The Kier molecular flexibility index (Phi) is 13.0. The molecule has 5 heteroatoms. The molecule has 2 aromatic heterocycles. The maximum absolute atomic E-state index is 12.4. The van der Waals surface area contributed by atoms with E-state index in [4.69, 9.17) is 9.84 Å². The molecular weight excluding hydrogens is 520 g/mol. The predicted molar refractivity (Wildman–Crippen MR) is 168 cm³/mol. The second-order valence-electron chi connectivity index (χ2n) is 10.7. The van der Waals surface area contributed by atoms with Crippen LogP contribution in [0.4, 0.5) is 0 Å². The van der Waals surface area contributed by atoms with Crippen molar-refractivity contribution in [2.24, 2.45) is 0 Å². The minimum Gasteiger partial charge on any atom is -0.462 e. The molecule has 4 rings (SSSR count). The predicted octanol–water partition coefficient (Wildman–Crippen LogP) is 7.07. The minimum absolute atomic E-state index is 0.258. The van der Waals surface area contributed by atoms with Gasteiger partial charge in [0.2, 0.25) is 0 Å². The lowest BCUT2D eigenvalue weighted by Gasteiger charge is -2.05. The number of ether oxygens (including phenoxy) is 1. The van der Waals surface area contributed by atoms with E-state index in [1.54, 1.807) is 0 Å². The van der Waals surface area contributed by atoms with Crippen LogP contribution in [0.2, 0.25) is 0 Å². The van der Waals surface area contributed by atoms with Gasteiger partial charge >= 0.3 is 5.97 Å². The third-order valence-electron chi connectivity index (χ3n) is 7.40. The van der Waals surface area contributed by atoms with Crippen LogP contribution in [0.25, 0.3) is 23.3 Å². The molecule has 0 radical (unpaired) electrons. The van der Waals surface area contributed by atoms with Crippen LogP contribution < -0.4 is 9.13 Å². The van der Waals surface area contributed by atoms with E-state index in [9.17, 15) is 4.79 Å². The van der Waals surface area contributed by atoms with Gasteiger partial charge in [-0.15, -0.1) is 0 Å². The van der Waals surface area contributed by atoms with Gasteiger partial charge in [-0.1, -0.05) is 61.0 Å². The first-order valence-corrected chi connectivity index (χ1v) is 15.3. The SMILES string of the molecule is O=C(OCCCCCC[n+]1ccc(-c2cc[n+](CCCCCCO)cc2)cc1)c1ccc(/C=C/c2ccccc2)cc1. The zero-order valence-electron chi connectivity index (χ0n) is 24.6. The normalized spacial score (nSPS) is 11.2. The molecule has 218 valence electrons. The summed E-state index contributed by atoms with van der Waals surface area (Å²) in [6, 6.07) is 26.4. The molecule has 0 atom stereocenters. The molecule has 0 saturated carbocycles. The zero-order chi connectivity index (χ0) is 29.2. The van der Waals surface area contributed by atoms with E-state index in [0.29, 0.717) is 18.8 Å². The number of aliphatic hydroxyl groups is 1. The Morgan fingerprint density at radius 2 is 1.10 bits per heavy atom. The molecule has 0 unspecified atom stereocenters. The lowest BCUT2D eigenvalue weighted by atomic mass is 10.1. The fourth-order valence-corrected chi connectivity index (χ4v) is 4.84. The number of aromatic nitrogens is 2. The summed E-state index contributed by atoms with van der Waals surface area (Å²) in [5, 5.41) is 8.88. The van der Waals surface area contributed by atoms with Gasteiger partial charge in [0.15, 0.2) is 24.8 Å². The molecule has 4 aromatic rings. The Morgan fingerprint density at radius 1 is 0.595 bits per heavy atom. The van der Waals surface area contributed by atoms with Crippen LogP contribution >= 0.6 is 0 Å². The third kappa shape index (κ3) is 10.7. The van der Waals surface area contributed by atoms with Gasteiger partial charge in [-0.25, -0.2) is 13.9 Å². The fraction of sp³-hybridized carbons (Fsp3) is 0.324. The number of rotatable bonds is 17. The number of carbonyl (C=O) groups is 1. The van der Waals surface area contributed by atoms with E-state index >= 15 is 0 Å². The highest BCUT2D eigenvalue weighted by Crippen LogP contribution is 2.16. The first-order valence-electron chi connectivity index (χ1n) is 15.3. The number of benzene rings is 2. The number of aryl methyl sites for hydroxylation is 2. The minimum atomic E-state index is -0.258. The van der Waals surface area contributed by atoms with Crippen LogP contribution in [0.15, 0.2) is 104 Å². The van der Waals surface area contributed by atoms with Crippen molar-refractivity contribution < 1.29 is 23.8 Å². The van der Waals surface area contributed by atoms with Crippen molar-refractivity contribution >= 4 is 18.1 Å². The molecule has 0 fully saturated rings. The average molecular weight is 565 g/mol. The first-order chi connectivity index (χ1) is 20.7. The zero-order valence-corrected chi connectivity index (χ0v) is 24.6. The summed E-state index contributed by atoms with van der Waals surface area (Å²) in [6.07, 6.45) is 21.1. The molecule has 1 N–H and O–H groups in total. The van der Waals surface area contributed by atoms with Gasteiger partial charge in [-0.3, -0.25) is 0 Å². The lowest BCUT2D eigenvalue weighted by molar-refractivity contribution is -0.697. The summed E-state index contributed by atoms with van der Waals surface area (Å²) >= 11 is 0. The van der Waals surface area contributed by atoms with E-state index in [1.165, 1.54) is 11.1 Å². The second kappa shape index (κ2) is 17.7. The van der Waals surface area contributed by atoms with Gasteiger partial charge in [0.25, 0.3) is 0 Å². The number of nitrogens with zero attached hydrogens (tertiary/aromatic N) is 2. The highest BCUT2D eigenvalue weighted by Gasteiger charge is 2.08. The van der Waals surface area contributed by atoms with Crippen molar-refractivity contribution in [3.63, 3.8) is 0 Å². The topological polar surface area (TPSA) is 54.3 Å². The number of unbranched alkanes of at least 4 members (excludes halogenated alkanes) is 6. The van der Waals surface area contributed by atoms with E-state index in [1.807, 2.05) is 48.5 Å². The first kappa shape index (κ1) is 30.9. The average Bonchev–Trinajstić information content (AvgIpc) is 3.04. The number of hydrogen-bond acceptors (Lipinski definition) is 3. The maximum Gasteiger partial charge on any atom is 0.338 e. The quantitative estimate of drug-likeness (QED) is 0.0646. The van der Waals surface area contributed by atoms with E-state index in [2.05, 4.69) is 76.4 Å². The van der Waals surface area contributed by atoms with E-state index in [-0.39, 0.29) is 5.97 Å². The van der Waals surface area contributed by atoms with Crippen molar-refractivity contribution in [1.82, 2.24) is 0 Å². The summed E-state index contributed by atoms with van der Waals surface area (Å²) in [4.78, 5) is 12.4. The van der Waals surface area contributed by atoms with Gasteiger partial charge in [0.1, 0.15) is 13.1 Å². The molecule has 0 aliphatic heterocycles. The van der Waals surface area contributed by atoms with Gasteiger partial charge < -0.3 is 9.84 Å². The van der Waals surface area contributed by atoms with Crippen LogP contribution in [0.5, 0.6) is 0 Å². The molecule has 0 spiro atoms. The lowest BCUT2D eigenvalue weighted by Crippen LogP contribution is -2.33. The summed E-state index contributed by atoms with van der Waals surface area (Å²) in [7, 11) is 0. The Hall–Kier alpha value is -4.09. The largest absolute Gasteiger partial charge is 0.462 e. The van der Waals surface area contributed by atoms with Crippen LogP contribution in [-0.2, 0) is 17.8 Å². The molecule has 0 amide bonds. The summed E-state index contributed by atoms with van der Waals surface area (Å²) < 4.78 is 9.95. The number of aliphatic hydroxyl groups excluding tert-OH is 1. The monoisotopic (exact) mass is 564 g/mol. The number of hydrogen-bond donors (Lipinski definition) is 1. The van der Waals surface area contributed by atoms with E-state index < -0.39 is 0 Å². The van der Waals surface area contributed by atoms with Crippen molar-refractivity contribution in [2.75, 3.05) is 13.2 Å². The fourth-order valence-electron chi connectivity index (χ4n) is 4.84. The van der Waals surface area contributed by atoms with Crippen LogP contribution in [-0.4, -0.2) is 24.3 Å². The van der Waals surface area contributed by atoms with Crippen molar-refractivity contribution in [3.8, 4) is 11.1 Å². The number of pyridine rings is 2. The summed E-state index contributed by atoms with van der Waals surface area (Å²) in [6.45, 7) is 2.75. The van der Waals surface area contributed by atoms with Crippen molar-refractivity contribution in [2.45, 2.75) is 64.5 Å². The molecular formula is C37H44N2O3+2. The third-order valence-corrected chi connectivity index (χ3v) is 7.40. The summed E-state index contributed by atoms with van der Waals surface area (Å²) in [5.41, 5.74) is 5.23. The maximum atomic E-state index is 12.4. The highest BCUT2D eigenvalue weighted by molar-refractivity contribution is 5.89. The van der Waals surface area contributed by atoms with Crippen LogP contribution in [0.3, 0.4) is 0 Å². The molecule has 0 aliphatic rings. The van der Waals surface area contributed by atoms with Gasteiger partial charge in [-0.05, 0) is 66.5 Å². The van der Waals surface area contributed by atoms with Gasteiger partial charge in [0, 0.05) is 43.7 Å². The number of esters is 1. The molecule has 0 saturated heterocycles. The smallest absolute Gasteiger partial charge is 0.338 e. The number of carbonyl (C=O) groups excluding carboxylic acids is 1. The Labute approximate surface area is 250 Å². The molecule has 2 aromatic carbocycles. The Bertz CT molecular complexity index is 1350. The molecule has 2 heterocycles. The van der Waals surface area contributed by atoms with Crippen LogP contribution in [0, 0.1) is 0 Å². The standard InChI is InChI=1S/C37H44N2O3/c40-30-10-3-1-8-24-38-26-20-34(21-27-38)35-22-28-39(29-23-35)25-9-2-4-11-31-42-37(41)36-18-16-33(17-19-36)15-14-32-12-6-5-7-13-32/h5-7,12-23,26-29,40H,1-4,8-11,24-25,30-31H2/q+2/b15-14+. The van der Waals surface area contributed by atoms with Gasteiger partial charge in [0.05, 0.1) is 12.2 Å². The second-order valence-corrected chi connectivity index (χ2v) is 10.7. The molecule has 0 bridgehead atoms.